The van der Waals surface area contributed by atoms with E-state index in [9.17, 15) is 4.79 Å². The Morgan fingerprint density at radius 3 is 2.92 bits per heavy atom. The van der Waals surface area contributed by atoms with Crippen LogP contribution in [0.5, 0.6) is 0 Å². The number of nitrogens with zero attached hydrogens (tertiary/aromatic N) is 1. The average molecular weight is 181 g/mol. The maximum Gasteiger partial charge on any atom is 0.157 e. The van der Waals surface area contributed by atoms with E-state index in [-0.39, 0.29) is 5.78 Å². The number of hydrogen-bond donors (Lipinski definition) is 0. The molecule has 0 spiro atoms. The number of rotatable bonds is 2. The Morgan fingerprint density at radius 2 is 2.38 bits per heavy atom. The van der Waals surface area contributed by atoms with Gasteiger partial charge < -0.3 is 9.64 Å². The SMILES string of the molecule is CN(C1=CC(=O)CC1)C1CCOC1. The molecule has 0 radical (unpaired) electrons. The molecular weight excluding hydrogens is 166 g/mol. The molecule has 1 heterocycles. The molecule has 0 amide bonds. The Balaban J connectivity index is 1.99. The van der Waals surface area contributed by atoms with Crippen molar-refractivity contribution in [1.29, 1.82) is 0 Å². The molecule has 1 aliphatic carbocycles. The average Bonchev–Trinajstić information content (AvgIpc) is 2.72. The zero-order valence-electron chi connectivity index (χ0n) is 7.95. The molecule has 1 aliphatic heterocycles. The monoisotopic (exact) mass is 181 g/mol. The fourth-order valence-electron chi connectivity index (χ4n) is 1.92. The van der Waals surface area contributed by atoms with Gasteiger partial charge >= 0.3 is 0 Å². The van der Waals surface area contributed by atoms with Crippen molar-refractivity contribution in [3.63, 3.8) is 0 Å². The maximum atomic E-state index is 11.0. The van der Waals surface area contributed by atoms with E-state index in [0.717, 1.165) is 26.1 Å². The second-order valence-corrected chi connectivity index (χ2v) is 3.73. The molecule has 3 nitrogen and oxygen atoms in total. The Morgan fingerprint density at radius 1 is 1.54 bits per heavy atom. The Bertz CT molecular complexity index is 241. The standard InChI is InChI=1S/C10H15NO2/c1-11(9-4-5-13-7-9)8-2-3-10(12)6-8/h6,9H,2-5,7H2,1H3. The van der Waals surface area contributed by atoms with E-state index in [1.54, 1.807) is 6.08 Å². The Hall–Kier alpha value is -0.830. The van der Waals surface area contributed by atoms with Crippen molar-refractivity contribution in [2.24, 2.45) is 0 Å². The van der Waals surface area contributed by atoms with Gasteiger partial charge in [-0.1, -0.05) is 0 Å². The van der Waals surface area contributed by atoms with Crippen LogP contribution in [-0.2, 0) is 9.53 Å². The van der Waals surface area contributed by atoms with Gasteiger partial charge in [-0.25, -0.2) is 0 Å². The van der Waals surface area contributed by atoms with E-state index in [2.05, 4.69) is 11.9 Å². The lowest BCUT2D eigenvalue weighted by molar-refractivity contribution is -0.114. The molecule has 1 unspecified atom stereocenters. The van der Waals surface area contributed by atoms with Crippen molar-refractivity contribution in [2.75, 3.05) is 20.3 Å². The van der Waals surface area contributed by atoms with Crippen molar-refractivity contribution >= 4 is 5.78 Å². The summed E-state index contributed by atoms with van der Waals surface area (Å²) in [5.74, 6) is 0.265. The summed E-state index contributed by atoms with van der Waals surface area (Å²) in [4.78, 5) is 13.2. The molecule has 0 aromatic heterocycles. The van der Waals surface area contributed by atoms with Crippen LogP contribution in [0, 0.1) is 0 Å². The molecule has 0 bridgehead atoms. The van der Waals surface area contributed by atoms with Gasteiger partial charge in [0, 0.05) is 31.8 Å². The lowest BCUT2D eigenvalue weighted by Gasteiger charge is -2.26. The summed E-state index contributed by atoms with van der Waals surface area (Å²) < 4.78 is 5.31. The van der Waals surface area contributed by atoms with Crippen molar-refractivity contribution in [2.45, 2.75) is 25.3 Å². The minimum absolute atomic E-state index is 0.265. The number of carbonyl (C=O) groups is 1. The highest BCUT2D eigenvalue weighted by molar-refractivity contribution is 5.92. The molecule has 0 saturated carbocycles. The third-order valence-electron chi connectivity index (χ3n) is 2.86. The van der Waals surface area contributed by atoms with Crippen LogP contribution in [0.15, 0.2) is 11.8 Å². The molecule has 2 rings (SSSR count). The Labute approximate surface area is 78.4 Å². The van der Waals surface area contributed by atoms with Gasteiger partial charge in [0.15, 0.2) is 5.78 Å². The third kappa shape index (κ3) is 1.75. The van der Waals surface area contributed by atoms with Gasteiger partial charge in [0.1, 0.15) is 0 Å². The largest absolute Gasteiger partial charge is 0.379 e. The van der Waals surface area contributed by atoms with E-state index in [4.69, 9.17) is 4.74 Å². The molecule has 1 fully saturated rings. The third-order valence-corrected chi connectivity index (χ3v) is 2.86. The summed E-state index contributed by atoms with van der Waals surface area (Å²) in [7, 11) is 2.06. The van der Waals surface area contributed by atoms with Crippen LogP contribution in [0.2, 0.25) is 0 Å². The predicted octanol–water partition coefficient (Wildman–Crippen LogP) is 0.954. The molecule has 2 aliphatic rings. The molecule has 13 heavy (non-hydrogen) atoms. The first-order valence-corrected chi connectivity index (χ1v) is 4.81. The highest BCUT2D eigenvalue weighted by atomic mass is 16.5. The van der Waals surface area contributed by atoms with E-state index < -0.39 is 0 Å². The van der Waals surface area contributed by atoms with Crippen LogP contribution in [0.25, 0.3) is 0 Å². The zero-order chi connectivity index (χ0) is 9.26. The van der Waals surface area contributed by atoms with Crippen LogP contribution >= 0.6 is 0 Å². The van der Waals surface area contributed by atoms with Gasteiger partial charge in [0.25, 0.3) is 0 Å². The molecule has 1 atom stereocenters. The van der Waals surface area contributed by atoms with Crippen LogP contribution in [0.4, 0.5) is 0 Å². The number of ether oxygens (including phenoxy) is 1. The fraction of sp³-hybridized carbons (Fsp3) is 0.700. The summed E-state index contributed by atoms with van der Waals surface area (Å²) in [5.41, 5.74) is 1.18. The summed E-state index contributed by atoms with van der Waals surface area (Å²) in [5, 5.41) is 0. The smallest absolute Gasteiger partial charge is 0.157 e. The number of hydrogen-bond acceptors (Lipinski definition) is 3. The van der Waals surface area contributed by atoms with E-state index in [1.807, 2.05) is 0 Å². The van der Waals surface area contributed by atoms with Crippen molar-refractivity contribution in [3.8, 4) is 0 Å². The molecule has 3 heteroatoms. The molecule has 0 aromatic rings. The number of ketones is 1. The summed E-state index contributed by atoms with van der Waals surface area (Å²) in [6.07, 6.45) is 4.46. The van der Waals surface area contributed by atoms with Gasteiger partial charge in [-0.3, -0.25) is 4.79 Å². The first-order chi connectivity index (χ1) is 6.27. The normalized spacial score (nSPS) is 27.9. The molecule has 1 saturated heterocycles. The quantitative estimate of drug-likeness (QED) is 0.635. The number of allylic oxidation sites excluding steroid dienone is 2. The molecule has 0 N–H and O–H groups in total. The van der Waals surface area contributed by atoms with Gasteiger partial charge in [0.05, 0.1) is 12.6 Å². The minimum Gasteiger partial charge on any atom is -0.379 e. The van der Waals surface area contributed by atoms with E-state index in [0.29, 0.717) is 12.5 Å². The summed E-state index contributed by atoms with van der Waals surface area (Å²) in [6, 6.07) is 0.483. The summed E-state index contributed by atoms with van der Waals surface area (Å²) in [6.45, 7) is 1.66. The topological polar surface area (TPSA) is 29.5 Å². The highest BCUT2D eigenvalue weighted by Gasteiger charge is 2.24. The van der Waals surface area contributed by atoms with Crippen LogP contribution in [0.1, 0.15) is 19.3 Å². The fourth-order valence-corrected chi connectivity index (χ4v) is 1.92. The van der Waals surface area contributed by atoms with Crippen molar-refractivity contribution in [1.82, 2.24) is 4.90 Å². The van der Waals surface area contributed by atoms with Gasteiger partial charge in [-0.15, -0.1) is 0 Å². The van der Waals surface area contributed by atoms with E-state index in [1.165, 1.54) is 5.70 Å². The molecule has 0 aromatic carbocycles. The zero-order valence-corrected chi connectivity index (χ0v) is 7.95. The lowest BCUT2D eigenvalue weighted by atomic mass is 10.2. The Kier molecular flexibility index (Phi) is 2.36. The second-order valence-electron chi connectivity index (χ2n) is 3.73. The van der Waals surface area contributed by atoms with Crippen LogP contribution in [0.3, 0.4) is 0 Å². The van der Waals surface area contributed by atoms with Gasteiger partial charge in [-0.05, 0) is 12.8 Å². The van der Waals surface area contributed by atoms with Crippen LogP contribution in [-0.4, -0.2) is 37.0 Å². The van der Waals surface area contributed by atoms with Crippen LogP contribution < -0.4 is 0 Å². The number of carbonyl (C=O) groups excluding carboxylic acids is 1. The molecule has 72 valence electrons. The second kappa shape index (κ2) is 3.50. The maximum absolute atomic E-state index is 11.0. The number of likely N-dealkylation sites (N-methyl/N-ethyl adjacent to an activating group) is 1. The van der Waals surface area contributed by atoms with Crippen molar-refractivity contribution in [3.05, 3.63) is 11.8 Å². The minimum atomic E-state index is 0.265. The first kappa shape index (κ1) is 8.75. The van der Waals surface area contributed by atoms with Crippen molar-refractivity contribution < 1.29 is 9.53 Å². The predicted molar refractivity (Wildman–Crippen MR) is 49.3 cm³/mol. The molecular formula is C10H15NO2. The highest BCUT2D eigenvalue weighted by Crippen LogP contribution is 2.22. The first-order valence-electron chi connectivity index (χ1n) is 4.81. The summed E-state index contributed by atoms with van der Waals surface area (Å²) >= 11 is 0. The van der Waals surface area contributed by atoms with Gasteiger partial charge in [-0.2, -0.15) is 0 Å². The lowest BCUT2D eigenvalue weighted by Crippen LogP contribution is -2.30. The van der Waals surface area contributed by atoms with Gasteiger partial charge in [0.2, 0.25) is 0 Å². The van der Waals surface area contributed by atoms with E-state index >= 15 is 0 Å².